The van der Waals surface area contributed by atoms with Gasteiger partial charge in [-0.05, 0) is 24.3 Å². The van der Waals surface area contributed by atoms with Crippen molar-refractivity contribution in [3.63, 3.8) is 0 Å². The molecule has 0 aliphatic heterocycles. The van der Waals surface area contributed by atoms with Crippen LogP contribution >= 0.6 is 7.60 Å². The molecular formula is C9H14NO5P. The molecule has 0 fully saturated rings. The maximum atomic E-state index is 10.5. The van der Waals surface area contributed by atoms with Crippen LogP contribution in [0.2, 0.25) is 0 Å². The molecule has 0 unspecified atom stereocenters. The van der Waals surface area contributed by atoms with Crippen molar-refractivity contribution >= 4 is 7.60 Å². The lowest BCUT2D eigenvalue weighted by Gasteiger charge is -2.08. The van der Waals surface area contributed by atoms with Crippen molar-refractivity contribution in [1.29, 1.82) is 0 Å². The van der Waals surface area contributed by atoms with Gasteiger partial charge < -0.3 is 24.9 Å². The van der Waals surface area contributed by atoms with Crippen molar-refractivity contribution < 1.29 is 24.2 Å². The molecule has 4 N–H and O–H groups in total. The Balaban J connectivity index is 2.16. The number of hydrogen-bond acceptors (Lipinski definition) is 4. The Bertz CT molecular complexity index is 361. The zero-order chi connectivity index (χ0) is 12.0. The first-order valence-corrected chi connectivity index (χ1v) is 6.44. The van der Waals surface area contributed by atoms with E-state index in [0.717, 1.165) is 0 Å². The summed E-state index contributed by atoms with van der Waals surface area (Å²) in [5, 5.41) is 11.6. The molecule has 7 heteroatoms. The second kappa shape index (κ2) is 5.86. The summed E-state index contributed by atoms with van der Waals surface area (Å²) in [6.45, 7) is 0.636. The normalized spacial score (nSPS) is 11.4. The maximum absolute atomic E-state index is 10.5. The third-order valence-electron chi connectivity index (χ3n) is 1.70. The number of rotatable bonds is 6. The minimum absolute atomic E-state index is 0.159. The molecule has 90 valence electrons. The van der Waals surface area contributed by atoms with Crippen molar-refractivity contribution in [1.82, 2.24) is 5.32 Å². The van der Waals surface area contributed by atoms with Crippen LogP contribution in [0.1, 0.15) is 0 Å². The van der Waals surface area contributed by atoms with E-state index in [1.165, 1.54) is 12.1 Å². The lowest BCUT2D eigenvalue weighted by molar-refractivity contribution is 0.312. The van der Waals surface area contributed by atoms with Crippen LogP contribution in [0.5, 0.6) is 11.5 Å². The molecule has 1 aromatic rings. The molecule has 0 heterocycles. The topological polar surface area (TPSA) is 99.0 Å². The van der Waals surface area contributed by atoms with Gasteiger partial charge in [-0.1, -0.05) is 0 Å². The molecule has 1 aromatic carbocycles. The summed E-state index contributed by atoms with van der Waals surface area (Å²) in [7, 11) is -3.98. The number of benzene rings is 1. The van der Waals surface area contributed by atoms with Crippen LogP contribution in [-0.2, 0) is 4.57 Å². The first-order valence-electron chi connectivity index (χ1n) is 4.64. The van der Waals surface area contributed by atoms with Crippen molar-refractivity contribution in [2.75, 3.05) is 19.4 Å². The van der Waals surface area contributed by atoms with E-state index in [1.807, 2.05) is 0 Å². The highest BCUT2D eigenvalue weighted by atomic mass is 31.2. The van der Waals surface area contributed by atoms with Gasteiger partial charge in [-0.3, -0.25) is 4.57 Å². The standard InChI is InChI=1S/C9H14NO5P/c11-8-1-3-9(4-2-8)15-6-5-10-7-16(12,13)14/h1-4,10-11H,5-7H2,(H2,12,13,14). The van der Waals surface area contributed by atoms with Crippen LogP contribution in [0.4, 0.5) is 0 Å². The van der Waals surface area contributed by atoms with Crippen LogP contribution in [0.25, 0.3) is 0 Å². The van der Waals surface area contributed by atoms with Gasteiger partial charge in [0.05, 0.1) is 6.29 Å². The molecular weight excluding hydrogens is 233 g/mol. The summed E-state index contributed by atoms with van der Waals surface area (Å²) < 4.78 is 15.7. The number of nitrogens with one attached hydrogen (secondary N) is 1. The van der Waals surface area contributed by atoms with Gasteiger partial charge >= 0.3 is 7.60 Å². The second-order valence-electron chi connectivity index (χ2n) is 3.17. The highest BCUT2D eigenvalue weighted by Crippen LogP contribution is 2.31. The average molecular weight is 247 g/mol. The van der Waals surface area contributed by atoms with Gasteiger partial charge in [0.15, 0.2) is 0 Å². The number of aromatic hydroxyl groups is 1. The Kier molecular flexibility index (Phi) is 4.76. The monoisotopic (exact) mass is 247 g/mol. The molecule has 0 aromatic heterocycles. The molecule has 0 aliphatic carbocycles. The van der Waals surface area contributed by atoms with Crippen LogP contribution in [0.15, 0.2) is 24.3 Å². The molecule has 0 radical (unpaired) electrons. The fraction of sp³-hybridized carbons (Fsp3) is 0.333. The molecule has 0 amide bonds. The zero-order valence-corrected chi connectivity index (χ0v) is 9.43. The maximum Gasteiger partial charge on any atom is 0.339 e. The van der Waals surface area contributed by atoms with Crippen LogP contribution < -0.4 is 10.1 Å². The molecule has 6 nitrogen and oxygen atoms in total. The van der Waals surface area contributed by atoms with Gasteiger partial charge in [-0.15, -0.1) is 0 Å². The lowest BCUT2D eigenvalue weighted by Crippen LogP contribution is -2.22. The van der Waals surface area contributed by atoms with E-state index in [2.05, 4.69) is 5.32 Å². The van der Waals surface area contributed by atoms with E-state index in [9.17, 15) is 4.57 Å². The van der Waals surface area contributed by atoms with E-state index in [1.54, 1.807) is 12.1 Å². The molecule has 0 saturated carbocycles. The highest BCUT2D eigenvalue weighted by Gasteiger charge is 2.10. The van der Waals surface area contributed by atoms with E-state index >= 15 is 0 Å². The average Bonchev–Trinajstić information content (AvgIpc) is 2.19. The molecule has 0 spiro atoms. The Morgan fingerprint density at radius 3 is 2.44 bits per heavy atom. The predicted molar refractivity (Wildman–Crippen MR) is 58.5 cm³/mol. The van der Waals surface area contributed by atoms with E-state index in [-0.39, 0.29) is 12.0 Å². The summed E-state index contributed by atoms with van der Waals surface area (Å²) in [6.07, 6.45) is -0.355. The van der Waals surface area contributed by atoms with Crippen molar-refractivity contribution in [3.05, 3.63) is 24.3 Å². The number of ether oxygens (including phenoxy) is 1. The molecule has 0 aliphatic rings. The third kappa shape index (κ3) is 5.72. The van der Waals surface area contributed by atoms with Crippen molar-refractivity contribution in [2.24, 2.45) is 0 Å². The van der Waals surface area contributed by atoms with Gasteiger partial charge in [0, 0.05) is 6.54 Å². The quantitative estimate of drug-likeness (QED) is 0.431. The van der Waals surface area contributed by atoms with E-state index in [0.29, 0.717) is 18.9 Å². The van der Waals surface area contributed by atoms with Crippen LogP contribution in [0.3, 0.4) is 0 Å². The Hall–Kier alpha value is -1.07. The van der Waals surface area contributed by atoms with Crippen LogP contribution in [-0.4, -0.2) is 34.3 Å². The summed E-state index contributed by atoms with van der Waals surface area (Å²) in [4.78, 5) is 17.1. The Morgan fingerprint density at radius 1 is 1.25 bits per heavy atom. The number of phenolic OH excluding ortho intramolecular Hbond substituents is 1. The molecule has 0 bridgehead atoms. The Labute approximate surface area is 93.0 Å². The molecule has 16 heavy (non-hydrogen) atoms. The first-order chi connectivity index (χ1) is 7.47. The smallest absolute Gasteiger partial charge is 0.339 e. The summed E-state index contributed by atoms with van der Waals surface area (Å²) in [5.41, 5.74) is 0. The molecule has 0 atom stereocenters. The fourth-order valence-electron chi connectivity index (χ4n) is 1.01. The third-order valence-corrected chi connectivity index (χ3v) is 2.34. The minimum atomic E-state index is -3.98. The van der Waals surface area contributed by atoms with E-state index in [4.69, 9.17) is 19.6 Å². The number of phenols is 1. The van der Waals surface area contributed by atoms with Gasteiger partial charge in [-0.2, -0.15) is 0 Å². The predicted octanol–water partition coefficient (Wildman–Crippen LogP) is 0.496. The fourth-order valence-corrected chi connectivity index (χ4v) is 1.46. The summed E-state index contributed by atoms with van der Waals surface area (Å²) >= 11 is 0. The van der Waals surface area contributed by atoms with Gasteiger partial charge in [0.1, 0.15) is 18.1 Å². The summed E-state index contributed by atoms with van der Waals surface area (Å²) in [6, 6.07) is 6.22. The SMILES string of the molecule is O=P(O)(O)CNCCOc1ccc(O)cc1. The Morgan fingerprint density at radius 2 is 1.88 bits per heavy atom. The van der Waals surface area contributed by atoms with Crippen LogP contribution in [0, 0.1) is 0 Å². The zero-order valence-electron chi connectivity index (χ0n) is 8.54. The highest BCUT2D eigenvalue weighted by molar-refractivity contribution is 7.51. The summed E-state index contributed by atoms with van der Waals surface area (Å²) in [5.74, 6) is 0.753. The van der Waals surface area contributed by atoms with Gasteiger partial charge in [0.25, 0.3) is 0 Å². The van der Waals surface area contributed by atoms with E-state index < -0.39 is 7.60 Å². The largest absolute Gasteiger partial charge is 0.508 e. The first kappa shape index (κ1) is 13.0. The molecule has 0 saturated heterocycles. The van der Waals surface area contributed by atoms with Crippen molar-refractivity contribution in [3.8, 4) is 11.5 Å². The van der Waals surface area contributed by atoms with Gasteiger partial charge in [0.2, 0.25) is 0 Å². The second-order valence-corrected chi connectivity index (χ2v) is 4.81. The molecule has 1 rings (SSSR count). The minimum Gasteiger partial charge on any atom is -0.508 e. The number of hydrogen-bond donors (Lipinski definition) is 4. The lowest BCUT2D eigenvalue weighted by atomic mass is 10.3. The van der Waals surface area contributed by atoms with Crippen molar-refractivity contribution in [2.45, 2.75) is 0 Å². The van der Waals surface area contributed by atoms with Gasteiger partial charge in [-0.25, -0.2) is 0 Å².